The lowest BCUT2D eigenvalue weighted by molar-refractivity contribution is 0.0919. The first kappa shape index (κ1) is 17.2. The molecule has 1 saturated heterocycles. The van der Waals surface area contributed by atoms with Crippen LogP contribution in [0, 0.1) is 11.8 Å². The van der Waals surface area contributed by atoms with Crippen LogP contribution in [-0.4, -0.2) is 33.9 Å². The predicted molar refractivity (Wildman–Crippen MR) is 101 cm³/mol. The summed E-state index contributed by atoms with van der Waals surface area (Å²) in [5, 5.41) is 9.88. The molecule has 1 N–H and O–H groups in total. The maximum absolute atomic E-state index is 12.5. The maximum atomic E-state index is 12.5. The third-order valence-corrected chi connectivity index (χ3v) is 5.99. The molecule has 1 aromatic heterocycles. The Labute approximate surface area is 154 Å². The lowest BCUT2D eigenvalue weighted by Crippen LogP contribution is -2.33. The average Bonchev–Trinajstić information content (AvgIpc) is 2.99. The summed E-state index contributed by atoms with van der Waals surface area (Å²) in [5.41, 5.74) is 2.94. The summed E-state index contributed by atoms with van der Waals surface area (Å²) in [6, 6.07) is 11.5. The largest absolute Gasteiger partial charge is 0.506 e. The molecule has 0 amide bonds. The molecule has 0 radical (unpaired) electrons. The van der Waals surface area contributed by atoms with Crippen molar-refractivity contribution < 1.29 is 9.90 Å². The minimum atomic E-state index is 0.191. The van der Waals surface area contributed by atoms with Crippen LogP contribution in [0.15, 0.2) is 42.6 Å². The van der Waals surface area contributed by atoms with Crippen LogP contribution in [0.1, 0.15) is 47.3 Å². The van der Waals surface area contributed by atoms with E-state index < -0.39 is 0 Å². The number of nitrogens with zero attached hydrogens (tertiary/aromatic N) is 2. The van der Waals surface area contributed by atoms with Gasteiger partial charge in [0, 0.05) is 24.2 Å². The zero-order chi connectivity index (χ0) is 17.9. The fourth-order valence-electron chi connectivity index (χ4n) is 4.38. The zero-order valence-corrected chi connectivity index (χ0v) is 15.1. The van der Waals surface area contributed by atoms with E-state index in [-0.39, 0.29) is 11.7 Å². The summed E-state index contributed by atoms with van der Waals surface area (Å²) in [7, 11) is 0. The highest BCUT2D eigenvalue weighted by molar-refractivity contribution is 6.02. The molecule has 2 aromatic rings. The van der Waals surface area contributed by atoms with Gasteiger partial charge in [-0.25, -0.2) is 0 Å². The quantitative estimate of drug-likeness (QED) is 0.890. The summed E-state index contributed by atoms with van der Waals surface area (Å²) in [4.78, 5) is 19.2. The van der Waals surface area contributed by atoms with Crippen molar-refractivity contribution in [2.24, 2.45) is 11.8 Å². The summed E-state index contributed by atoms with van der Waals surface area (Å²) in [6.07, 6.45) is 7.15. The highest BCUT2D eigenvalue weighted by Crippen LogP contribution is 2.32. The second kappa shape index (κ2) is 7.58. The number of rotatable bonds is 5. The highest BCUT2D eigenvalue weighted by Gasteiger charge is 2.30. The third kappa shape index (κ3) is 3.65. The number of hydrogen-bond acceptors (Lipinski definition) is 4. The molecule has 1 fully saturated rings. The van der Waals surface area contributed by atoms with Crippen molar-refractivity contribution in [2.75, 3.05) is 13.1 Å². The van der Waals surface area contributed by atoms with Crippen molar-refractivity contribution in [3.63, 3.8) is 0 Å². The zero-order valence-electron chi connectivity index (χ0n) is 15.1. The summed E-state index contributed by atoms with van der Waals surface area (Å²) < 4.78 is 0. The van der Waals surface area contributed by atoms with Crippen LogP contribution in [0.3, 0.4) is 0 Å². The number of pyridine rings is 1. The number of Topliss-reactive ketones (excluding diaryl/α,β-unsaturated/α-hetero) is 1. The molecule has 26 heavy (non-hydrogen) atoms. The van der Waals surface area contributed by atoms with Gasteiger partial charge in [0.15, 0.2) is 5.78 Å². The van der Waals surface area contributed by atoms with Crippen molar-refractivity contribution in [3.05, 3.63) is 59.4 Å². The smallest absolute Gasteiger partial charge is 0.166 e. The minimum Gasteiger partial charge on any atom is -0.506 e. The number of hydrogen-bond donors (Lipinski definition) is 1. The maximum Gasteiger partial charge on any atom is 0.166 e. The van der Waals surface area contributed by atoms with Gasteiger partial charge in [0.1, 0.15) is 5.75 Å². The predicted octanol–water partition coefficient (Wildman–Crippen LogP) is 3.83. The molecule has 2 aliphatic rings. The number of piperidine rings is 1. The van der Waals surface area contributed by atoms with Crippen molar-refractivity contribution in [1.82, 2.24) is 9.88 Å². The molecule has 0 spiro atoms. The SMILES string of the molecule is O=C1c2ccccc2CC1CCC1CCN(Cc2ncccc2O)CC1. The Bertz CT molecular complexity index is 781. The first-order valence-electron chi connectivity index (χ1n) is 9.68. The lowest BCUT2D eigenvalue weighted by atomic mass is 9.87. The van der Waals surface area contributed by atoms with Gasteiger partial charge in [-0.05, 0) is 68.8 Å². The van der Waals surface area contributed by atoms with Crippen LogP contribution in [0.5, 0.6) is 5.75 Å². The molecule has 0 bridgehead atoms. The van der Waals surface area contributed by atoms with E-state index in [4.69, 9.17) is 0 Å². The Balaban J connectivity index is 1.24. The molecular weight excluding hydrogens is 324 g/mol. The molecule has 4 heteroatoms. The van der Waals surface area contributed by atoms with E-state index in [1.165, 1.54) is 18.4 Å². The number of aromatic nitrogens is 1. The van der Waals surface area contributed by atoms with E-state index in [1.807, 2.05) is 18.2 Å². The van der Waals surface area contributed by atoms with Gasteiger partial charge in [-0.15, -0.1) is 0 Å². The Morgan fingerprint density at radius 2 is 1.88 bits per heavy atom. The number of carbonyl (C=O) groups excluding carboxylic acids is 1. The number of ketones is 1. The molecule has 4 nitrogen and oxygen atoms in total. The normalized spacial score (nSPS) is 21.1. The van der Waals surface area contributed by atoms with E-state index in [0.717, 1.165) is 50.2 Å². The van der Waals surface area contributed by atoms with Crippen molar-refractivity contribution >= 4 is 5.78 Å². The summed E-state index contributed by atoms with van der Waals surface area (Å²) in [5.74, 6) is 1.54. The van der Waals surface area contributed by atoms with Gasteiger partial charge in [0.05, 0.1) is 5.69 Å². The van der Waals surface area contributed by atoms with Gasteiger partial charge in [-0.1, -0.05) is 24.3 Å². The standard InChI is InChI=1S/C22H26N2O2/c25-21-6-3-11-23-20(21)15-24-12-9-16(10-13-24)7-8-18-14-17-4-1-2-5-19(17)22(18)26/h1-6,11,16,18,25H,7-10,12-15H2. The molecule has 1 aliphatic heterocycles. The topological polar surface area (TPSA) is 53.4 Å². The van der Waals surface area contributed by atoms with Gasteiger partial charge in [0.2, 0.25) is 0 Å². The number of aromatic hydroxyl groups is 1. The van der Waals surface area contributed by atoms with Gasteiger partial charge >= 0.3 is 0 Å². The number of benzene rings is 1. The monoisotopic (exact) mass is 350 g/mol. The van der Waals surface area contributed by atoms with E-state index in [9.17, 15) is 9.90 Å². The number of fused-ring (bicyclic) bond motifs is 1. The fourth-order valence-corrected chi connectivity index (χ4v) is 4.38. The van der Waals surface area contributed by atoms with Crippen molar-refractivity contribution in [2.45, 2.75) is 38.6 Å². The van der Waals surface area contributed by atoms with Gasteiger partial charge in [-0.3, -0.25) is 14.7 Å². The van der Waals surface area contributed by atoms with Crippen LogP contribution in [0.25, 0.3) is 0 Å². The molecule has 4 rings (SSSR count). The number of carbonyl (C=O) groups is 1. The van der Waals surface area contributed by atoms with Crippen molar-refractivity contribution in [3.8, 4) is 5.75 Å². The van der Waals surface area contributed by atoms with Crippen LogP contribution in [-0.2, 0) is 13.0 Å². The highest BCUT2D eigenvalue weighted by atomic mass is 16.3. The first-order chi connectivity index (χ1) is 12.7. The first-order valence-corrected chi connectivity index (χ1v) is 9.68. The van der Waals surface area contributed by atoms with Gasteiger partial charge in [-0.2, -0.15) is 0 Å². The van der Waals surface area contributed by atoms with E-state index in [0.29, 0.717) is 11.7 Å². The lowest BCUT2D eigenvalue weighted by Gasteiger charge is -2.32. The fraction of sp³-hybridized carbons (Fsp3) is 0.455. The van der Waals surface area contributed by atoms with E-state index in [2.05, 4.69) is 16.0 Å². The molecule has 1 aromatic carbocycles. The second-order valence-electron chi connectivity index (χ2n) is 7.69. The third-order valence-electron chi connectivity index (χ3n) is 5.99. The molecule has 1 unspecified atom stereocenters. The van der Waals surface area contributed by atoms with Gasteiger partial charge in [0.25, 0.3) is 0 Å². The molecule has 1 aliphatic carbocycles. The Kier molecular flexibility index (Phi) is 5.02. The van der Waals surface area contributed by atoms with Gasteiger partial charge < -0.3 is 5.11 Å². The van der Waals surface area contributed by atoms with E-state index in [1.54, 1.807) is 18.3 Å². The number of likely N-dealkylation sites (tertiary alicyclic amines) is 1. The van der Waals surface area contributed by atoms with Crippen LogP contribution < -0.4 is 0 Å². The average molecular weight is 350 g/mol. The Hall–Kier alpha value is -2.20. The van der Waals surface area contributed by atoms with E-state index >= 15 is 0 Å². The summed E-state index contributed by atoms with van der Waals surface area (Å²) >= 11 is 0. The Morgan fingerprint density at radius 1 is 1.08 bits per heavy atom. The molecule has 2 heterocycles. The van der Waals surface area contributed by atoms with Crippen LogP contribution in [0.2, 0.25) is 0 Å². The molecular formula is C22H26N2O2. The minimum absolute atomic E-state index is 0.191. The molecule has 136 valence electrons. The second-order valence-corrected chi connectivity index (χ2v) is 7.69. The van der Waals surface area contributed by atoms with Crippen LogP contribution >= 0.6 is 0 Å². The Morgan fingerprint density at radius 3 is 2.65 bits per heavy atom. The van der Waals surface area contributed by atoms with Crippen molar-refractivity contribution in [1.29, 1.82) is 0 Å². The van der Waals surface area contributed by atoms with Crippen LogP contribution in [0.4, 0.5) is 0 Å². The molecule has 0 saturated carbocycles. The summed E-state index contributed by atoms with van der Waals surface area (Å²) in [6.45, 7) is 2.80. The molecule has 1 atom stereocenters.